The van der Waals surface area contributed by atoms with Crippen molar-refractivity contribution in [3.8, 4) is 0 Å². The fraction of sp³-hybridized carbons (Fsp3) is 0.235. The Morgan fingerprint density at radius 3 is 2.91 bits per heavy atom. The molecular formula is C17H17ClFN2O+. The predicted molar refractivity (Wildman–Crippen MR) is 84.4 cm³/mol. The first-order valence-corrected chi connectivity index (χ1v) is 7.63. The van der Waals surface area contributed by atoms with Gasteiger partial charge in [-0.05, 0) is 24.3 Å². The molecule has 3 nitrogen and oxygen atoms in total. The number of hydrogen-bond acceptors (Lipinski definition) is 2. The van der Waals surface area contributed by atoms with Gasteiger partial charge in [-0.15, -0.1) is 0 Å². The molecule has 5 heteroatoms. The highest BCUT2D eigenvalue weighted by Crippen LogP contribution is 2.16. The molecule has 114 valence electrons. The van der Waals surface area contributed by atoms with Gasteiger partial charge in [0.15, 0.2) is 6.10 Å². The third-order valence-corrected chi connectivity index (χ3v) is 3.82. The summed E-state index contributed by atoms with van der Waals surface area (Å²) in [6, 6.07) is 14.3. The smallest absolute Gasteiger partial charge is 0.181 e. The molecule has 0 aliphatic carbocycles. The summed E-state index contributed by atoms with van der Waals surface area (Å²) in [5.74, 6) is -0.254. The number of nitrogens with two attached hydrogens (primary N) is 1. The molecule has 0 spiro atoms. The van der Waals surface area contributed by atoms with Gasteiger partial charge in [0.25, 0.3) is 0 Å². The van der Waals surface area contributed by atoms with E-state index in [1.807, 2.05) is 30.3 Å². The van der Waals surface area contributed by atoms with Crippen LogP contribution in [0.15, 0.2) is 53.7 Å². The van der Waals surface area contributed by atoms with E-state index in [-0.39, 0.29) is 11.9 Å². The standard InChI is InChI=1S/C17H16ClFN2O/c18-14-5-1-3-12(7-14)10-20-11-16-9-17(21-22-16)13-4-2-6-15(19)8-13/h1-8,16,20H,9-11H2/p+1/t16-/m0/s1. The molecule has 0 saturated carbocycles. The highest BCUT2D eigenvalue weighted by Gasteiger charge is 2.23. The summed E-state index contributed by atoms with van der Waals surface area (Å²) in [6.07, 6.45) is 0.729. The second-order valence-corrected chi connectivity index (χ2v) is 5.77. The first kappa shape index (κ1) is 15.0. The maximum absolute atomic E-state index is 13.2. The molecule has 0 amide bonds. The van der Waals surface area contributed by atoms with Crippen molar-refractivity contribution in [1.29, 1.82) is 0 Å². The Bertz CT molecular complexity index is 690. The Hall–Kier alpha value is -1.91. The van der Waals surface area contributed by atoms with Crippen LogP contribution in [0.25, 0.3) is 0 Å². The van der Waals surface area contributed by atoms with Crippen LogP contribution in [0.1, 0.15) is 17.5 Å². The van der Waals surface area contributed by atoms with Crippen molar-refractivity contribution in [2.45, 2.75) is 19.1 Å². The summed E-state index contributed by atoms with van der Waals surface area (Å²) >= 11 is 5.96. The van der Waals surface area contributed by atoms with Gasteiger partial charge in [-0.3, -0.25) is 0 Å². The predicted octanol–water partition coefficient (Wildman–Crippen LogP) is 2.74. The van der Waals surface area contributed by atoms with Gasteiger partial charge in [0.2, 0.25) is 0 Å². The molecule has 3 rings (SSSR count). The van der Waals surface area contributed by atoms with E-state index in [0.717, 1.165) is 29.4 Å². The van der Waals surface area contributed by atoms with E-state index < -0.39 is 0 Å². The average Bonchev–Trinajstić information content (AvgIpc) is 2.96. The van der Waals surface area contributed by atoms with E-state index in [1.54, 1.807) is 6.07 Å². The molecule has 0 bridgehead atoms. The lowest BCUT2D eigenvalue weighted by Crippen LogP contribution is -2.84. The van der Waals surface area contributed by atoms with Crippen LogP contribution in [-0.2, 0) is 11.4 Å². The van der Waals surface area contributed by atoms with Crippen molar-refractivity contribution in [3.63, 3.8) is 0 Å². The van der Waals surface area contributed by atoms with Crippen molar-refractivity contribution in [2.24, 2.45) is 5.16 Å². The Kier molecular flexibility index (Phi) is 4.71. The number of nitrogens with zero attached hydrogens (tertiary/aromatic N) is 1. The number of halogens is 2. The van der Waals surface area contributed by atoms with Gasteiger partial charge in [0.05, 0.1) is 5.71 Å². The fourth-order valence-corrected chi connectivity index (χ4v) is 2.71. The van der Waals surface area contributed by atoms with Gasteiger partial charge in [0, 0.05) is 22.6 Å². The molecule has 2 N–H and O–H groups in total. The van der Waals surface area contributed by atoms with Gasteiger partial charge in [-0.2, -0.15) is 0 Å². The second-order valence-electron chi connectivity index (χ2n) is 5.34. The van der Waals surface area contributed by atoms with Crippen molar-refractivity contribution >= 4 is 17.3 Å². The van der Waals surface area contributed by atoms with Crippen LogP contribution in [0.2, 0.25) is 5.02 Å². The molecule has 2 aromatic carbocycles. The number of benzene rings is 2. The van der Waals surface area contributed by atoms with E-state index >= 15 is 0 Å². The Morgan fingerprint density at radius 2 is 2.09 bits per heavy atom. The molecule has 22 heavy (non-hydrogen) atoms. The highest BCUT2D eigenvalue weighted by atomic mass is 35.5. The third kappa shape index (κ3) is 3.84. The van der Waals surface area contributed by atoms with Crippen LogP contribution in [0, 0.1) is 5.82 Å². The number of rotatable bonds is 5. The number of oxime groups is 1. The van der Waals surface area contributed by atoms with Crippen LogP contribution in [0.3, 0.4) is 0 Å². The minimum atomic E-state index is -0.254. The fourth-order valence-electron chi connectivity index (χ4n) is 2.49. The molecule has 0 saturated heterocycles. The van der Waals surface area contributed by atoms with E-state index in [9.17, 15) is 4.39 Å². The van der Waals surface area contributed by atoms with Crippen molar-refractivity contribution in [2.75, 3.05) is 6.54 Å². The molecule has 0 fully saturated rings. The van der Waals surface area contributed by atoms with E-state index in [0.29, 0.717) is 6.42 Å². The summed E-state index contributed by atoms with van der Waals surface area (Å²) in [5.41, 5.74) is 2.77. The molecule has 1 aliphatic heterocycles. The van der Waals surface area contributed by atoms with Gasteiger partial charge in [-0.1, -0.05) is 41.0 Å². The molecule has 0 radical (unpaired) electrons. The van der Waals surface area contributed by atoms with Gasteiger partial charge < -0.3 is 10.2 Å². The molecule has 2 aromatic rings. The van der Waals surface area contributed by atoms with E-state index in [2.05, 4.69) is 10.5 Å². The summed E-state index contributed by atoms with van der Waals surface area (Å²) in [5, 5.41) is 6.99. The lowest BCUT2D eigenvalue weighted by molar-refractivity contribution is -0.676. The summed E-state index contributed by atoms with van der Waals surface area (Å²) in [7, 11) is 0. The van der Waals surface area contributed by atoms with E-state index in [1.165, 1.54) is 17.7 Å². The van der Waals surface area contributed by atoms with Gasteiger partial charge in [-0.25, -0.2) is 4.39 Å². The summed E-state index contributed by atoms with van der Waals surface area (Å²) in [4.78, 5) is 5.43. The van der Waals surface area contributed by atoms with Crippen LogP contribution in [0.5, 0.6) is 0 Å². The SMILES string of the molecule is Fc1cccc(C2=NO[C@H](C[NH2+]Cc3cccc(Cl)c3)C2)c1. The Morgan fingerprint density at radius 1 is 1.23 bits per heavy atom. The zero-order valence-electron chi connectivity index (χ0n) is 12.0. The van der Waals surface area contributed by atoms with E-state index in [4.69, 9.17) is 16.4 Å². The molecule has 0 aromatic heterocycles. The molecule has 1 aliphatic rings. The largest absolute Gasteiger partial charge is 0.386 e. The quantitative estimate of drug-likeness (QED) is 0.904. The van der Waals surface area contributed by atoms with Crippen LogP contribution in [0.4, 0.5) is 4.39 Å². The normalized spacial score (nSPS) is 17.2. The number of quaternary nitrogens is 1. The minimum absolute atomic E-state index is 0.0254. The lowest BCUT2D eigenvalue weighted by atomic mass is 10.0. The van der Waals surface area contributed by atoms with Crippen LogP contribution in [-0.4, -0.2) is 18.4 Å². The molecule has 1 atom stereocenters. The first-order valence-electron chi connectivity index (χ1n) is 7.25. The van der Waals surface area contributed by atoms with Crippen LogP contribution >= 0.6 is 11.6 Å². The zero-order valence-corrected chi connectivity index (χ0v) is 12.8. The average molecular weight is 320 g/mol. The van der Waals surface area contributed by atoms with Crippen molar-refractivity contribution < 1.29 is 14.5 Å². The Labute approximate surface area is 133 Å². The second kappa shape index (κ2) is 6.90. The molecular weight excluding hydrogens is 303 g/mol. The molecule has 1 heterocycles. The topological polar surface area (TPSA) is 38.2 Å². The zero-order chi connectivity index (χ0) is 15.4. The number of hydrogen-bond donors (Lipinski definition) is 1. The maximum Gasteiger partial charge on any atom is 0.181 e. The Balaban J connectivity index is 1.48. The summed E-state index contributed by atoms with van der Waals surface area (Å²) < 4.78 is 13.2. The maximum atomic E-state index is 13.2. The molecule has 0 unspecified atom stereocenters. The highest BCUT2D eigenvalue weighted by molar-refractivity contribution is 6.30. The van der Waals surface area contributed by atoms with Crippen LogP contribution < -0.4 is 5.32 Å². The van der Waals surface area contributed by atoms with Crippen molar-refractivity contribution in [3.05, 3.63) is 70.5 Å². The van der Waals surface area contributed by atoms with Crippen molar-refractivity contribution in [1.82, 2.24) is 0 Å². The van der Waals surface area contributed by atoms with Gasteiger partial charge >= 0.3 is 0 Å². The first-order chi connectivity index (χ1) is 10.7. The minimum Gasteiger partial charge on any atom is -0.386 e. The monoisotopic (exact) mass is 319 g/mol. The third-order valence-electron chi connectivity index (χ3n) is 3.59. The lowest BCUT2D eigenvalue weighted by Gasteiger charge is -2.07. The van der Waals surface area contributed by atoms with Gasteiger partial charge in [0.1, 0.15) is 18.9 Å². The summed E-state index contributed by atoms with van der Waals surface area (Å²) in [6.45, 7) is 1.64.